The fraction of sp³-hybridized carbons (Fsp3) is 0.333. The summed E-state index contributed by atoms with van der Waals surface area (Å²) in [6.45, 7) is 3.39. The van der Waals surface area contributed by atoms with Gasteiger partial charge < -0.3 is 16.2 Å². The number of nitrogen functional groups attached to an aromatic ring is 1. The third-order valence-corrected chi connectivity index (χ3v) is 1.89. The van der Waals surface area contributed by atoms with Crippen LogP contribution in [0.2, 0.25) is 0 Å². The van der Waals surface area contributed by atoms with Crippen LogP contribution in [-0.2, 0) is 4.79 Å². The molecule has 0 bridgehead atoms. The molecule has 0 aliphatic heterocycles. The number of nitrogens with two attached hydrogens (primary N) is 1. The summed E-state index contributed by atoms with van der Waals surface area (Å²) in [5, 5.41) is 11.4. The number of aromatic nitrogens is 1. The molecule has 5 nitrogen and oxygen atoms in total. The van der Waals surface area contributed by atoms with Gasteiger partial charge in [-0.05, 0) is 25.5 Å². The maximum Gasteiger partial charge on any atom is 0.325 e. The predicted octanol–water partition coefficient (Wildman–Crippen LogP) is 0.857. The number of aliphatic carboxylic acids is 1. The first-order chi connectivity index (χ1) is 6.50. The Labute approximate surface area is 82.0 Å². The van der Waals surface area contributed by atoms with Gasteiger partial charge in [0.2, 0.25) is 0 Å². The average Bonchev–Trinajstić information content (AvgIpc) is 2.11. The van der Waals surface area contributed by atoms with Gasteiger partial charge in [0.15, 0.2) is 0 Å². The monoisotopic (exact) mass is 195 g/mol. The summed E-state index contributed by atoms with van der Waals surface area (Å²) < 4.78 is 0. The molecular weight excluding hydrogens is 182 g/mol. The van der Waals surface area contributed by atoms with Crippen molar-refractivity contribution in [3.8, 4) is 0 Å². The zero-order valence-corrected chi connectivity index (χ0v) is 8.11. The molecule has 0 aromatic carbocycles. The normalized spacial score (nSPS) is 12.1. The topological polar surface area (TPSA) is 88.2 Å². The highest BCUT2D eigenvalue weighted by Gasteiger charge is 2.10. The summed E-state index contributed by atoms with van der Waals surface area (Å²) in [4.78, 5) is 14.5. The van der Waals surface area contributed by atoms with Gasteiger partial charge in [-0.1, -0.05) is 0 Å². The summed E-state index contributed by atoms with van der Waals surface area (Å²) >= 11 is 0. The number of carboxylic acid groups (broad SMARTS) is 1. The van der Waals surface area contributed by atoms with Crippen LogP contribution in [0, 0.1) is 6.92 Å². The van der Waals surface area contributed by atoms with Crippen molar-refractivity contribution in [2.24, 2.45) is 0 Å². The molecule has 5 heteroatoms. The minimum absolute atomic E-state index is 0.520. The molecule has 1 aromatic heterocycles. The van der Waals surface area contributed by atoms with Crippen molar-refractivity contribution in [1.29, 1.82) is 0 Å². The average molecular weight is 195 g/mol. The lowest BCUT2D eigenvalue weighted by Gasteiger charge is -2.10. The first-order valence-electron chi connectivity index (χ1n) is 4.22. The molecule has 76 valence electrons. The Morgan fingerprint density at radius 3 is 2.86 bits per heavy atom. The van der Waals surface area contributed by atoms with Crippen LogP contribution in [-0.4, -0.2) is 22.1 Å². The maximum absolute atomic E-state index is 10.5. The maximum atomic E-state index is 10.5. The van der Waals surface area contributed by atoms with Gasteiger partial charge in [0.25, 0.3) is 0 Å². The van der Waals surface area contributed by atoms with E-state index in [2.05, 4.69) is 10.3 Å². The van der Waals surface area contributed by atoms with E-state index in [1.165, 1.54) is 6.20 Å². The van der Waals surface area contributed by atoms with Crippen molar-refractivity contribution in [1.82, 2.24) is 4.98 Å². The van der Waals surface area contributed by atoms with Crippen LogP contribution in [0.5, 0.6) is 0 Å². The molecular formula is C9H13N3O2. The first-order valence-corrected chi connectivity index (χ1v) is 4.22. The minimum atomic E-state index is -0.915. The Bertz CT molecular complexity index is 352. The van der Waals surface area contributed by atoms with Crippen molar-refractivity contribution in [3.63, 3.8) is 0 Å². The number of nitrogens with zero attached hydrogens (tertiary/aromatic N) is 1. The zero-order valence-electron chi connectivity index (χ0n) is 8.11. The third-order valence-electron chi connectivity index (χ3n) is 1.89. The number of pyridine rings is 1. The zero-order chi connectivity index (χ0) is 10.7. The van der Waals surface area contributed by atoms with E-state index < -0.39 is 12.0 Å². The molecule has 0 spiro atoms. The molecule has 0 radical (unpaired) electrons. The number of rotatable bonds is 3. The molecule has 0 saturated heterocycles. The Kier molecular flexibility index (Phi) is 2.91. The molecule has 0 aliphatic carbocycles. The van der Waals surface area contributed by atoms with Crippen molar-refractivity contribution in [2.75, 3.05) is 11.1 Å². The van der Waals surface area contributed by atoms with Crippen LogP contribution in [0.1, 0.15) is 12.5 Å². The van der Waals surface area contributed by atoms with Gasteiger partial charge in [-0.25, -0.2) is 4.98 Å². The highest BCUT2D eigenvalue weighted by Crippen LogP contribution is 2.13. The van der Waals surface area contributed by atoms with Gasteiger partial charge in [0.05, 0.1) is 11.9 Å². The van der Waals surface area contributed by atoms with Crippen LogP contribution in [0.25, 0.3) is 0 Å². The summed E-state index contributed by atoms with van der Waals surface area (Å²) in [6.07, 6.45) is 1.51. The van der Waals surface area contributed by atoms with Crippen LogP contribution in [0.4, 0.5) is 11.5 Å². The second-order valence-corrected chi connectivity index (χ2v) is 3.13. The Hall–Kier alpha value is -1.78. The Morgan fingerprint density at radius 2 is 2.36 bits per heavy atom. The van der Waals surface area contributed by atoms with Gasteiger partial charge in [-0.2, -0.15) is 0 Å². The van der Waals surface area contributed by atoms with Crippen LogP contribution < -0.4 is 11.1 Å². The number of anilines is 2. The van der Waals surface area contributed by atoms with Crippen molar-refractivity contribution < 1.29 is 9.90 Å². The number of aryl methyl sites for hydroxylation is 1. The van der Waals surface area contributed by atoms with E-state index in [1.807, 2.05) is 6.92 Å². The molecule has 4 N–H and O–H groups in total. The molecule has 0 aliphatic rings. The second-order valence-electron chi connectivity index (χ2n) is 3.13. The van der Waals surface area contributed by atoms with Crippen molar-refractivity contribution >= 4 is 17.5 Å². The van der Waals surface area contributed by atoms with E-state index in [9.17, 15) is 4.79 Å². The SMILES string of the molecule is Cc1cc(NC(C)C(=O)O)ncc1N. The van der Waals surface area contributed by atoms with Gasteiger partial charge in [-0.3, -0.25) is 4.79 Å². The van der Waals surface area contributed by atoms with Crippen molar-refractivity contribution in [2.45, 2.75) is 19.9 Å². The highest BCUT2D eigenvalue weighted by atomic mass is 16.4. The van der Waals surface area contributed by atoms with E-state index in [4.69, 9.17) is 10.8 Å². The van der Waals surface area contributed by atoms with Gasteiger partial charge in [0.1, 0.15) is 11.9 Å². The van der Waals surface area contributed by atoms with Gasteiger partial charge >= 0.3 is 5.97 Å². The van der Waals surface area contributed by atoms with Crippen LogP contribution in [0.15, 0.2) is 12.3 Å². The fourth-order valence-electron chi connectivity index (χ4n) is 0.929. The number of carboxylic acids is 1. The van der Waals surface area contributed by atoms with Gasteiger partial charge in [-0.15, -0.1) is 0 Å². The van der Waals surface area contributed by atoms with E-state index in [0.717, 1.165) is 5.56 Å². The molecule has 0 fully saturated rings. The molecule has 1 rings (SSSR count). The van der Waals surface area contributed by atoms with E-state index in [1.54, 1.807) is 13.0 Å². The minimum Gasteiger partial charge on any atom is -0.480 e. The Morgan fingerprint density at radius 1 is 1.71 bits per heavy atom. The van der Waals surface area contributed by atoms with E-state index in [-0.39, 0.29) is 0 Å². The number of hydrogen-bond acceptors (Lipinski definition) is 4. The highest BCUT2D eigenvalue weighted by molar-refractivity contribution is 5.76. The molecule has 14 heavy (non-hydrogen) atoms. The first kappa shape index (κ1) is 10.3. The molecule has 0 amide bonds. The lowest BCUT2D eigenvalue weighted by Crippen LogP contribution is -2.25. The number of hydrogen-bond donors (Lipinski definition) is 3. The summed E-state index contributed by atoms with van der Waals surface area (Å²) in [5.74, 6) is -0.395. The number of carbonyl (C=O) groups is 1. The Balaban J connectivity index is 2.78. The third kappa shape index (κ3) is 2.35. The van der Waals surface area contributed by atoms with Crippen LogP contribution >= 0.6 is 0 Å². The van der Waals surface area contributed by atoms with E-state index >= 15 is 0 Å². The molecule has 1 unspecified atom stereocenters. The predicted molar refractivity (Wildman–Crippen MR) is 54.1 cm³/mol. The lowest BCUT2D eigenvalue weighted by atomic mass is 10.2. The lowest BCUT2D eigenvalue weighted by molar-refractivity contribution is -0.137. The van der Waals surface area contributed by atoms with Gasteiger partial charge in [0, 0.05) is 0 Å². The van der Waals surface area contributed by atoms with Crippen molar-refractivity contribution in [3.05, 3.63) is 17.8 Å². The quantitative estimate of drug-likeness (QED) is 0.665. The molecule has 0 saturated carbocycles. The smallest absolute Gasteiger partial charge is 0.325 e. The summed E-state index contributed by atoms with van der Waals surface area (Å²) in [5.41, 5.74) is 7.04. The standard InChI is InChI=1S/C9H13N3O2/c1-5-3-8(11-4-7(5)10)12-6(2)9(13)14/h3-4,6H,10H2,1-2H3,(H,11,12)(H,13,14). The summed E-state index contributed by atoms with van der Waals surface area (Å²) in [6, 6.07) is 1.06. The largest absolute Gasteiger partial charge is 0.480 e. The van der Waals surface area contributed by atoms with Crippen LogP contribution in [0.3, 0.4) is 0 Å². The van der Waals surface area contributed by atoms with E-state index in [0.29, 0.717) is 11.5 Å². The second kappa shape index (κ2) is 3.95. The fourth-order valence-corrected chi connectivity index (χ4v) is 0.929. The number of nitrogens with one attached hydrogen (secondary N) is 1. The summed E-state index contributed by atoms with van der Waals surface area (Å²) in [7, 11) is 0. The molecule has 1 atom stereocenters. The molecule has 1 aromatic rings. The molecule has 1 heterocycles.